The minimum absolute atomic E-state index is 0.0861. The Morgan fingerprint density at radius 1 is 1.23 bits per heavy atom. The number of carbonyl (C=O) groups excluding carboxylic acids is 1. The summed E-state index contributed by atoms with van der Waals surface area (Å²) in [4.78, 5) is 14.8. The van der Waals surface area contributed by atoms with E-state index < -0.39 is 10.0 Å². The van der Waals surface area contributed by atoms with Crippen LogP contribution in [0.15, 0.2) is 47.6 Å². The number of methoxy groups -OCH3 is 1. The summed E-state index contributed by atoms with van der Waals surface area (Å²) in [6.07, 6.45) is 4.67. The Kier molecular flexibility index (Phi) is 6.16. The molecule has 1 aromatic carbocycles. The number of hydrogen-bond acceptors (Lipinski definition) is 6. The van der Waals surface area contributed by atoms with Crippen molar-refractivity contribution in [3.8, 4) is 10.8 Å². The SMILES string of the molecule is COc1ccc(S(=O)(=O)N(C)C)cc1NC(=O)c1c(-n2cccc2)sc2c1CCSC2. The molecule has 2 aromatic heterocycles. The molecule has 3 aromatic rings. The van der Waals surface area contributed by atoms with Gasteiger partial charge in [-0.05, 0) is 48.1 Å². The molecule has 164 valence electrons. The van der Waals surface area contributed by atoms with Gasteiger partial charge >= 0.3 is 0 Å². The lowest BCUT2D eigenvalue weighted by molar-refractivity contribution is 0.102. The Morgan fingerprint density at radius 2 is 1.97 bits per heavy atom. The summed E-state index contributed by atoms with van der Waals surface area (Å²) in [5.41, 5.74) is 2.03. The van der Waals surface area contributed by atoms with Gasteiger partial charge in [0.05, 0.1) is 23.3 Å². The highest BCUT2D eigenvalue weighted by atomic mass is 32.2. The molecule has 0 radical (unpaired) electrons. The molecule has 1 aliphatic heterocycles. The van der Waals surface area contributed by atoms with E-state index in [4.69, 9.17) is 4.74 Å². The highest BCUT2D eigenvalue weighted by molar-refractivity contribution is 7.98. The molecule has 0 unspecified atom stereocenters. The third-order valence-electron chi connectivity index (χ3n) is 5.07. The average molecular weight is 478 g/mol. The summed E-state index contributed by atoms with van der Waals surface area (Å²) >= 11 is 3.49. The van der Waals surface area contributed by atoms with Crippen LogP contribution in [0, 0.1) is 0 Å². The van der Waals surface area contributed by atoms with Crippen LogP contribution >= 0.6 is 23.1 Å². The number of anilines is 1. The van der Waals surface area contributed by atoms with Crippen LogP contribution in [-0.4, -0.2) is 50.2 Å². The standard InChI is InChI=1S/C21H23N3O4S3/c1-23(2)31(26,27)14-6-7-17(28-3)16(12-14)22-20(25)19-15-8-11-29-13-18(15)30-21(19)24-9-4-5-10-24/h4-7,9-10,12H,8,11,13H2,1-3H3,(H,22,25). The van der Waals surface area contributed by atoms with Gasteiger partial charge in [-0.2, -0.15) is 11.8 Å². The van der Waals surface area contributed by atoms with E-state index in [-0.39, 0.29) is 10.8 Å². The molecule has 0 fully saturated rings. The van der Waals surface area contributed by atoms with Gasteiger partial charge in [0.1, 0.15) is 10.8 Å². The Balaban J connectivity index is 1.76. The number of rotatable bonds is 6. The molecule has 1 aliphatic rings. The molecular formula is C21H23N3O4S3. The van der Waals surface area contributed by atoms with Crippen molar-refractivity contribution >= 4 is 44.7 Å². The zero-order chi connectivity index (χ0) is 22.2. The van der Waals surface area contributed by atoms with Gasteiger partial charge in [0.25, 0.3) is 5.91 Å². The number of nitrogens with one attached hydrogen (secondary N) is 1. The molecule has 3 heterocycles. The fourth-order valence-electron chi connectivity index (χ4n) is 3.44. The van der Waals surface area contributed by atoms with E-state index in [1.807, 2.05) is 40.9 Å². The van der Waals surface area contributed by atoms with Crippen molar-refractivity contribution in [3.05, 3.63) is 58.7 Å². The Hall–Kier alpha value is -2.27. The molecule has 0 aliphatic carbocycles. The quantitative estimate of drug-likeness (QED) is 0.584. The number of ether oxygens (including phenoxy) is 1. The number of hydrogen-bond donors (Lipinski definition) is 1. The maximum absolute atomic E-state index is 13.5. The Morgan fingerprint density at radius 3 is 2.65 bits per heavy atom. The topological polar surface area (TPSA) is 80.6 Å². The number of sulfonamides is 1. The van der Waals surface area contributed by atoms with Crippen molar-refractivity contribution < 1.29 is 17.9 Å². The molecule has 4 rings (SSSR count). The second-order valence-corrected chi connectivity index (χ2v) is 11.5. The van der Waals surface area contributed by atoms with E-state index in [9.17, 15) is 13.2 Å². The molecule has 0 atom stereocenters. The van der Waals surface area contributed by atoms with E-state index in [1.165, 1.54) is 38.2 Å². The van der Waals surface area contributed by atoms with Crippen molar-refractivity contribution in [2.75, 3.05) is 32.3 Å². The van der Waals surface area contributed by atoms with Crippen molar-refractivity contribution in [1.29, 1.82) is 0 Å². The zero-order valence-electron chi connectivity index (χ0n) is 17.4. The lowest BCUT2D eigenvalue weighted by Gasteiger charge is -2.16. The maximum atomic E-state index is 13.5. The third kappa shape index (κ3) is 4.12. The molecular weight excluding hydrogens is 454 g/mol. The zero-order valence-corrected chi connectivity index (χ0v) is 19.9. The fourth-order valence-corrected chi connectivity index (χ4v) is 6.82. The van der Waals surface area contributed by atoms with Crippen LogP contribution in [0.5, 0.6) is 5.75 Å². The smallest absolute Gasteiger partial charge is 0.259 e. The summed E-state index contributed by atoms with van der Waals surface area (Å²) in [5.74, 6) is 1.98. The van der Waals surface area contributed by atoms with Crippen LogP contribution in [0.1, 0.15) is 20.8 Å². The molecule has 1 amide bonds. The predicted octanol–water partition coefficient (Wildman–Crippen LogP) is 3.84. The van der Waals surface area contributed by atoms with Crippen LogP contribution in [0.4, 0.5) is 5.69 Å². The van der Waals surface area contributed by atoms with Crippen molar-refractivity contribution in [3.63, 3.8) is 0 Å². The molecule has 0 saturated carbocycles. The van der Waals surface area contributed by atoms with Crippen molar-refractivity contribution in [2.45, 2.75) is 17.1 Å². The first kappa shape index (κ1) is 21.9. The minimum atomic E-state index is -3.65. The molecule has 31 heavy (non-hydrogen) atoms. The van der Waals surface area contributed by atoms with Crippen LogP contribution in [-0.2, 0) is 22.2 Å². The number of aromatic nitrogens is 1. The van der Waals surface area contributed by atoms with Crippen molar-refractivity contribution in [2.24, 2.45) is 0 Å². The van der Waals surface area contributed by atoms with Crippen LogP contribution < -0.4 is 10.1 Å². The first-order valence-electron chi connectivity index (χ1n) is 9.60. The molecule has 10 heteroatoms. The van der Waals surface area contributed by atoms with Gasteiger partial charge in [0.15, 0.2) is 0 Å². The van der Waals surface area contributed by atoms with Gasteiger partial charge in [-0.25, -0.2) is 12.7 Å². The van der Waals surface area contributed by atoms with Crippen molar-refractivity contribution in [1.82, 2.24) is 8.87 Å². The largest absolute Gasteiger partial charge is 0.495 e. The van der Waals surface area contributed by atoms with Crippen LogP contribution in [0.25, 0.3) is 5.00 Å². The number of nitrogens with zero attached hydrogens (tertiary/aromatic N) is 2. The van der Waals surface area contributed by atoms with Gasteiger partial charge in [-0.3, -0.25) is 4.79 Å². The Bertz CT molecular complexity index is 1210. The first-order valence-corrected chi connectivity index (χ1v) is 13.0. The third-order valence-corrected chi connectivity index (χ3v) is 9.29. The average Bonchev–Trinajstić information content (AvgIpc) is 3.41. The van der Waals surface area contributed by atoms with Crippen LogP contribution in [0.2, 0.25) is 0 Å². The number of thiophene rings is 1. The highest BCUT2D eigenvalue weighted by Gasteiger charge is 2.27. The van der Waals surface area contributed by atoms with Gasteiger partial charge in [0.2, 0.25) is 10.0 Å². The van der Waals surface area contributed by atoms with Gasteiger partial charge in [-0.15, -0.1) is 11.3 Å². The molecule has 0 bridgehead atoms. The van der Waals surface area contributed by atoms with Gasteiger partial charge < -0.3 is 14.6 Å². The van der Waals surface area contributed by atoms with Gasteiger partial charge in [0, 0.05) is 37.1 Å². The van der Waals surface area contributed by atoms with E-state index >= 15 is 0 Å². The summed E-state index contributed by atoms with van der Waals surface area (Å²) in [5, 5.41) is 3.77. The summed E-state index contributed by atoms with van der Waals surface area (Å²) < 4.78 is 33.6. The number of fused-ring (bicyclic) bond motifs is 1. The predicted molar refractivity (Wildman–Crippen MR) is 125 cm³/mol. The lowest BCUT2D eigenvalue weighted by atomic mass is 10.1. The molecule has 0 spiro atoms. The summed E-state index contributed by atoms with van der Waals surface area (Å²) in [6.45, 7) is 0. The van der Waals surface area contributed by atoms with E-state index in [0.717, 1.165) is 32.8 Å². The fraction of sp³-hybridized carbons (Fsp3) is 0.286. The van der Waals surface area contributed by atoms with E-state index in [1.54, 1.807) is 17.4 Å². The number of amides is 1. The summed E-state index contributed by atoms with van der Waals surface area (Å²) in [7, 11) is 0.774. The normalized spacial score (nSPS) is 13.8. The van der Waals surface area contributed by atoms with Crippen LogP contribution in [0.3, 0.4) is 0 Å². The van der Waals surface area contributed by atoms with E-state index in [2.05, 4.69) is 5.32 Å². The lowest BCUT2D eigenvalue weighted by Crippen LogP contribution is -2.22. The highest BCUT2D eigenvalue weighted by Crippen LogP contribution is 2.39. The van der Waals surface area contributed by atoms with Gasteiger partial charge in [-0.1, -0.05) is 0 Å². The second kappa shape index (κ2) is 8.70. The molecule has 7 nitrogen and oxygen atoms in total. The molecule has 0 saturated heterocycles. The monoisotopic (exact) mass is 477 g/mol. The first-order chi connectivity index (χ1) is 14.8. The Labute approximate surface area is 190 Å². The summed E-state index contributed by atoms with van der Waals surface area (Å²) in [6, 6.07) is 8.31. The van der Waals surface area contributed by atoms with E-state index in [0.29, 0.717) is 17.0 Å². The number of benzene rings is 1. The number of thioether (sulfide) groups is 1. The maximum Gasteiger partial charge on any atom is 0.259 e. The minimum Gasteiger partial charge on any atom is -0.495 e. The second-order valence-electron chi connectivity index (χ2n) is 7.18. The number of carbonyl (C=O) groups is 1. The molecule has 1 N–H and O–H groups in total.